The normalized spacial score (nSPS) is 15.1. The van der Waals surface area contributed by atoms with Crippen LogP contribution in [0, 0.1) is 0 Å². The molecule has 0 amide bonds. The lowest BCUT2D eigenvalue weighted by atomic mass is 10.1. The first kappa shape index (κ1) is 9.16. The van der Waals surface area contributed by atoms with Crippen molar-refractivity contribution < 1.29 is 4.79 Å². The molecule has 0 radical (unpaired) electrons. The van der Waals surface area contributed by atoms with Crippen molar-refractivity contribution in [2.75, 3.05) is 5.75 Å². The maximum Gasteiger partial charge on any atom is 0.140 e. The molecule has 1 aliphatic rings. The largest absolute Gasteiger partial charge is 0.241 e. The average molecular weight is 233 g/mol. The van der Waals surface area contributed by atoms with Gasteiger partial charge in [-0.1, -0.05) is 0 Å². The summed E-state index contributed by atoms with van der Waals surface area (Å²) in [5.74, 6) is 2.94. The lowest BCUT2D eigenvalue weighted by molar-refractivity contribution is 0.570. The molecule has 0 fully saturated rings. The monoisotopic (exact) mass is 233 g/mol. The summed E-state index contributed by atoms with van der Waals surface area (Å²) in [6.07, 6.45) is 0.943. The second kappa shape index (κ2) is 3.49. The Morgan fingerprint density at radius 3 is 3.27 bits per heavy atom. The van der Waals surface area contributed by atoms with Crippen LogP contribution in [0.15, 0.2) is 17.5 Å². The molecule has 2 aromatic heterocycles. The van der Waals surface area contributed by atoms with Crippen LogP contribution in [0.5, 0.6) is 0 Å². The van der Waals surface area contributed by atoms with Crippen LogP contribution in [0.3, 0.4) is 0 Å². The number of carbonyl (C=O) groups excluding carboxylic acids is 1. The highest BCUT2D eigenvalue weighted by Crippen LogP contribution is 2.35. The molecule has 0 unspecified atom stereocenters. The molecular formula is C11H7NOS2. The number of pyridine rings is 1. The smallest absolute Gasteiger partial charge is 0.140 e. The summed E-state index contributed by atoms with van der Waals surface area (Å²) in [5, 5.41) is 3.15. The molecule has 74 valence electrons. The van der Waals surface area contributed by atoms with Crippen molar-refractivity contribution in [2.45, 2.75) is 6.42 Å². The maximum absolute atomic E-state index is 10.8. The van der Waals surface area contributed by atoms with Crippen molar-refractivity contribution >= 4 is 44.2 Å². The van der Waals surface area contributed by atoms with E-state index in [4.69, 9.17) is 0 Å². The summed E-state index contributed by atoms with van der Waals surface area (Å²) in [4.78, 5) is 17.1. The van der Waals surface area contributed by atoms with Gasteiger partial charge in [0.25, 0.3) is 0 Å². The molecular weight excluding hydrogens is 226 g/mol. The molecule has 1 aliphatic heterocycles. The van der Waals surface area contributed by atoms with Crippen LogP contribution in [0.2, 0.25) is 0 Å². The van der Waals surface area contributed by atoms with E-state index in [1.54, 1.807) is 23.1 Å². The highest BCUT2D eigenvalue weighted by atomic mass is 32.2. The molecule has 2 aromatic rings. The average Bonchev–Trinajstić information content (AvgIpc) is 2.72. The molecule has 0 bridgehead atoms. The van der Waals surface area contributed by atoms with E-state index in [1.165, 1.54) is 0 Å². The first-order valence-corrected chi connectivity index (χ1v) is 6.50. The van der Waals surface area contributed by atoms with Crippen molar-refractivity contribution in [3.05, 3.63) is 28.8 Å². The van der Waals surface area contributed by atoms with E-state index in [-0.39, 0.29) is 0 Å². The van der Waals surface area contributed by atoms with Crippen molar-refractivity contribution in [3.63, 3.8) is 0 Å². The minimum atomic E-state index is 0.705. The number of hydrogen-bond acceptors (Lipinski definition) is 4. The molecule has 0 saturated heterocycles. The SMILES string of the molecule is O=C=C1SCCc2nc3sccc3cc21. The quantitative estimate of drug-likeness (QED) is 0.655. The number of thioether (sulfide) groups is 1. The molecule has 0 spiro atoms. The van der Waals surface area contributed by atoms with E-state index in [1.807, 2.05) is 17.4 Å². The van der Waals surface area contributed by atoms with Crippen LogP contribution in [-0.4, -0.2) is 16.7 Å². The minimum Gasteiger partial charge on any atom is -0.241 e. The fourth-order valence-corrected chi connectivity index (χ4v) is 3.39. The van der Waals surface area contributed by atoms with E-state index in [0.717, 1.165) is 33.6 Å². The van der Waals surface area contributed by atoms with Gasteiger partial charge in [0.15, 0.2) is 0 Å². The second-order valence-electron chi connectivity index (χ2n) is 3.33. The number of aromatic nitrogens is 1. The number of fused-ring (bicyclic) bond motifs is 2. The Bertz CT molecular complexity index is 581. The summed E-state index contributed by atoms with van der Waals surface area (Å²) in [6.45, 7) is 0. The van der Waals surface area contributed by atoms with Crippen LogP contribution < -0.4 is 0 Å². The third kappa shape index (κ3) is 1.42. The Morgan fingerprint density at radius 1 is 1.47 bits per heavy atom. The summed E-state index contributed by atoms with van der Waals surface area (Å²) < 4.78 is 0. The summed E-state index contributed by atoms with van der Waals surface area (Å²) in [7, 11) is 0. The summed E-state index contributed by atoms with van der Waals surface area (Å²) in [5.41, 5.74) is 2.02. The lowest BCUT2D eigenvalue weighted by Gasteiger charge is -2.14. The molecule has 0 saturated carbocycles. The van der Waals surface area contributed by atoms with E-state index in [0.29, 0.717) is 4.91 Å². The van der Waals surface area contributed by atoms with Gasteiger partial charge in [-0.2, -0.15) is 0 Å². The van der Waals surface area contributed by atoms with E-state index in [9.17, 15) is 4.79 Å². The molecule has 0 N–H and O–H groups in total. The molecule has 3 heterocycles. The predicted molar refractivity (Wildman–Crippen MR) is 64.9 cm³/mol. The van der Waals surface area contributed by atoms with Gasteiger partial charge < -0.3 is 0 Å². The Balaban J connectivity index is 2.34. The second-order valence-corrected chi connectivity index (χ2v) is 5.33. The fraction of sp³-hybridized carbons (Fsp3) is 0.182. The number of hydrogen-bond donors (Lipinski definition) is 0. The topological polar surface area (TPSA) is 30.0 Å². The van der Waals surface area contributed by atoms with E-state index in [2.05, 4.69) is 11.1 Å². The van der Waals surface area contributed by atoms with Gasteiger partial charge in [-0.25, -0.2) is 9.78 Å². The van der Waals surface area contributed by atoms with Gasteiger partial charge in [0.1, 0.15) is 15.7 Å². The van der Waals surface area contributed by atoms with Gasteiger partial charge in [0.2, 0.25) is 0 Å². The van der Waals surface area contributed by atoms with Crippen molar-refractivity contribution in [1.82, 2.24) is 4.98 Å². The first-order chi connectivity index (χ1) is 7.38. The van der Waals surface area contributed by atoms with Gasteiger partial charge in [0.05, 0.1) is 5.69 Å². The number of aryl methyl sites for hydroxylation is 1. The number of thiophene rings is 1. The zero-order chi connectivity index (χ0) is 10.3. The van der Waals surface area contributed by atoms with Crippen molar-refractivity contribution in [2.24, 2.45) is 0 Å². The van der Waals surface area contributed by atoms with Gasteiger partial charge in [-0.05, 0) is 23.9 Å². The highest BCUT2D eigenvalue weighted by molar-refractivity contribution is 8.08. The molecule has 15 heavy (non-hydrogen) atoms. The molecule has 0 atom stereocenters. The van der Waals surface area contributed by atoms with Gasteiger partial charge in [-0.3, -0.25) is 0 Å². The third-order valence-corrected chi connectivity index (χ3v) is 4.27. The van der Waals surface area contributed by atoms with Gasteiger partial charge >= 0.3 is 0 Å². The Kier molecular flexibility index (Phi) is 2.13. The summed E-state index contributed by atoms with van der Waals surface area (Å²) >= 11 is 3.22. The molecule has 0 aliphatic carbocycles. The fourth-order valence-electron chi connectivity index (χ4n) is 1.73. The zero-order valence-corrected chi connectivity index (χ0v) is 9.45. The Labute approximate surface area is 95.0 Å². The lowest BCUT2D eigenvalue weighted by Crippen LogP contribution is -2.04. The van der Waals surface area contributed by atoms with Crippen LogP contribution in [0.25, 0.3) is 15.1 Å². The molecule has 3 rings (SSSR count). The molecule has 0 aromatic carbocycles. The molecule has 2 nitrogen and oxygen atoms in total. The predicted octanol–water partition coefficient (Wildman–Crippen LogP) is 2.76. The van der Waals surface area contributed by atoms with Crippen LogP contribution in [-0.2, 0) is 11.2 Å². The van der Waals surface area contributed by atoms with Crippen molar-refractivity contribution in [3.8, 4) is 0 Å². The highest BCUT2D eigenvalue weighted by Gasteiger charge is 2.17. The van der Waals surface area contributed by atoms with E-state index < -0.39 is 0 Å². The first-order valence-electron chi connectivity index (χ1n) is 4.64. The van der Waals surface area contributed by atoms with Crippen LogP contribution in [0.1, 0.15) is 11.3 Å². The van der Waals surface area contributed by atoms with Crippen molar-refractivity contribution in [1.29, 1.82) is 0 Å². The number of nitrogens with zero attached hydrogens (tertiary/aromatic N) is 1. The van der Waals surface area contributed by atoms with Crippen LogP contribution >= 0.6 is 23.1 Å². The van der Waals surface area contributed by atoms with E-state index >= 15 is 0 Å². The zero-order valence-electron chi connectivity index (χ0n) is 7.82. The minimum absolute atomic E-state index is 0.705. The van der Waals surface area contributed by atoms with Crippen LogP contribution in [0.4, 0.5) is 0 Å². The van der Waals surface area contributed by atoms with Gasteiger partial charge in [-0.15, -0.1) is 23.1 Å². The summed E-state index contributed by atoms with van der Waals surface area (Å²) in [6, 6.07) is 4.09. The maximum atomic E-state index is 10.8. The Morgan fingerprint density at radius 2 is 2.40 bits per heavy atom. The Hall–Kier alpha value is -1.09. The third-order valence-electron chi connectivity index (χ3n) is 2.44. The van der Waals surface area contributed by atoms with Gasteiger partial charge in [0, 0.05) is 16.7 Å². The molecule has 4 heteroatoms. The number of rotatable bonds is 0. The standard InChI is InChI=1S/C11H7NOS2/c13-6-10-8-5-7-1-3-15-11(7)12-9(8)2-4-14-10/h1,3,5H,2,4H2.